The summed E-state index contributed by atoms with van der Waals surface area (Å²) in [5, 5.41) is 0. The van der Waals surface area contributed by atoms with E-state index in [9.17, 15) is 4.79 Å². The van der Waals surface area contributed by atoms with Gasteiger partial charge in [-0.2, -0.15) is 0 Å². The molecule has 0 radical (unpaired) electrons. The van der Waals surface area contributed by atoms with Crippen LogP contribution in [0.1, 0.15) is 18.1 Å². The van der Waals surface area contributed by atoms with Crippen molar-refractivity contribution in [2.24, 2.45) is 5.73 Å². The Morgan fingerprint density at radius 3 is 2.94 bits per heavy atom. The molecule has 92 valence electrons. The fraction of sp³-hybridized carbons (Fsp3) is 0.462. The van der Waals surface area contributed by atoms with Crippen LogP contribution in [0.25, 0.3) is 0 Å². The summed E-state index contributed by atoms with van der Waals surface area (Å²) in [6, 6.07) is 5.66. The van der Waals surface area contributed by atoms with Crippen molar-refractivity contribution in [3.05, 3.63) is 29.3 Å². The highest BCUT2D eigenvalue weighted by Crippen LogP contribution is 2.21. The third-order valence-electron chi connectivity index (χ3n) is 3.30. The first kappa shape index (κ1) is 12.1. The predicted octanol–water partition coefficient (Wildman–Crippen LogP) is 0.543. The lowest BCUT2D eigenvalue weighted by molar-refractivity contribution is -0.118. The number of anilines is 1. The van der Waals surface area contributed by atoms with Crippen LogP contribution in [0, 0.1) is 0 Å². The molecule has 1 atom stereocenters. The average molecular weight is 233 g/mol. The minimum Gasteiger partial charge on any atom is -0.399 e. The van der Waals surface area contributed by atoms with E-state index in [2.05, 4.69) is 11.0 Å². The van der Waals surface area contributed by atoms with Gasteiger partial charge < -0.3 is 11.5 Å². The van der Waals surface area contributed by atoms with Crippen LogP contribution in [0.15, 0.2) is 18.2 Å². The molecule has 4 nitrogen and oxygen atoms in total. The van der Waals surface area contributed by atoms with Crippen molar-refractivity contribution in [2.45, 2.75) is 25.9 Å². The second-order valence-corrected chi connectivity index (χ2v) is 4.73. The summed E-state index contributed by atoms with van der Waals surface area (Å²) in [6.45, 7) is 3.98. The highest BCUT2D eigenvalue weighted by molar-refractivity contribution is 5.81. The largest absolute Gasteiger partial charge is 0.399 e. The molecule has 0 fully saturated rings. The Morgan fingerprint density at radius 1 is 1.47 bits per heavy atom. The molecule has 1 unspecified atom stereocenters. The molecule has 1 aliphatic heterocycles. The van der Waals surface area contributed by atoms with E-state index < -0.39 is 0 Å². The molecule has 17 heavy (non-hydrogen) atoms. The number of carbonyl (C=O) groups excluding carboxylic acids is 1. The van der Waals surface area contributed by atoms with Crippen LogP contribution in [0.5, 0.6) is 0 Å². The van der Waals surface area contributed by atoms with Gasteiger partial charge in [-0.15, -0.1) is 0 Å². The number of ketones is 1. The second kappa shape index (κ2) is 4.85. The molecular formula is C13H19N3O. The lowest BCUT2D eigenvalue weighted by Gasteiger charge is -2.30. The normalized spacial score (nSPS) is 17.5. The van der Waals surface area contributed by atoms with Crippen molar-refractivity contribution in [3.63, 3.8) is 0 Å². The zero-order valence-electron chi connectivity index (χ0n) is 10.1. The number of nitrogens with zero attached hydrogens (tertiary/aromatic N) is 1. The van der Waals surface area contributed by atoms with Crippen LogP contribution >= 0.6 is 0 Å². The highest BCUT2D eigenvalue weighted by atomic mass is 16.1. The lowest BCUT2D eigenvalue weighted by atomic mass is 9.98. The third-order valence-corrected chi connectivity index (χ3v) is 3.30. The van der Waals surface area contributed by atoms with Gasteiger partial charge in [-0.1, -0.05) is 6.07 Å². The molecule has 1 aromatic rings. The fourth-order valence-electron chi connectivity index (χ4n) is 2.19. The first-order valence-corrected chi connectivity index (χ1v) is 5.92. The van der Waals surface area contributed by atoms with E-state index in [1.165, 1.54) is 11.1 Å². The number of Topliss-reactive ketones (excluding diaryl/α,β-unsaturated/α-hetero) is 1. The molecule has 4 N–H and O–H groups in total. The molecule has 1 heterocycles. The van der Waals surface area contributed by atoms with Crippen LogP contribution in [0.2, 0.25) is 0 Å². The Labute approximate surface area is 102 Å². The van der Waals surface area contributed by atoms with Gasteiger partial charge in [-0.25, -0.2) is 0 Å². The van der Waals surface area contributed by atoms with E-state index >= 15 is 0 Å². The van der Waals surface area contributed by atoms with E-state index in [-0.39, 0.29) is 11.8 Å². The molecule has 1 aromatic carbocycles. The monoisotopic (exact) mass is 233 g/mol. The van der Waals surface area contributed by atoms with Gasteiger partial charge >= 0.3 is 0 Å². The van der Waals surface area contributed by atoms with Crippen molar-refractivity contribution in [1.29, 1.82) is 0 Å². The summed E-state index contributed by atoms with van der Waals surface area (Å²) in [4.78, 5) is 13.4. The maximum atomic E-state index is 11.1. The predicted molar refractivity (Wildman–Crippen MR) is 68.5 cm³/mol. The summed E-state index contributed by atoms with van der Waals surface area (Å²) in [6.07, 6.45) is 0.977. The SMILES string of the molecule is CC(=O)C(N)CN1CCc2cc(N)ccc2C1. The second-order valence-electron chi connectivity index (χ2n) is 4.73. The Balaban J connectivity index is 2.04. The molecule has 0 aromatic heterocycles. The van der Waals surface area contributed by atoms with Crippen molar-refractivity contribution in [2.75, 3.05) is 18.8 Å². The van der Waals surface area contributed by atoms with Crippen molar-refractivity contribution in [1.82, 2.24) is 4.90 Å². The van der Waals surface area contributed by atoms with Gasteiger partial charge in [0.15, 0.2) is 0 Å². The van der Waals surface area contributed by atoms with Crippen LogP contribution in [-0.4, -0.2) is 29.8 Å². The number of hydrogen-bond donors (Lipinski definition) is 2. The van der Waals surface area contributed by atoms with E-state index in [1.54, 1.807) is 6.92 Å². The molecule has 0 amide bonds. The lowest BCUT2D eigenvalue weighted by Crippen LogP contribution is -2.43. The summed E-state index contributed by atoms with van der Waals surface area (Å²) in [7, 11) is 0. The molecule has 0 saturated carbocycles. The van der Waals surface area contributed by atoms with Gasteiger partial charge in [0.05, 0.1) is 6.04 Å². The Kier molecular flexibility index (Phi) is 3.45. The smallest absolute Gasteiger partial charge is 0.147 e. The van der Waals surface area contributed by atoms with Crippen LogP contribution in [0.3, 0.4) is 0 Å². The molecule has 0 aliphatic carbocycles. The molecule has 0 spiro atoms. The minimum atomic E-state index is -0.370. The van der Waals surface area contributed by atoms with E-state index in [0.717, 1.165) is 25.2 Å². The number of nitrogens with two attached hydrogens (primary N) is 2. The molecule has 0 bridgehead atoms. The number of benzene rings is 1. The van der Waals surface area contributed by atoms with Crippen molar-refractivity contribution < 1.29 is 4.79 Å². The number of fused-ring (bicyclic) bond motifs is 1. The van der Waals surface area contributed by atoms with Gasteiger partial charge in [0.2, 0.25) is 0 Å². The molecule has 1 aliphatic rings. The Bertz CT molecular complexity index is 431. The fourth-order valence-corrected chi connectivity index (χ4v) is 2.19. The first-order valence-electron chi connectivity index (χ1n) is 5.92. The summed E-state index contributed by atoms with van der Waals surface area (Å²) in [5.41, 5.74) is 15.0. The number of rotatable bonds is 3. The molecule has 2 rings (SSSR count). The Morgan fingerprint density at radius 2 is 2.24 bits per heavy atom. The molecular weight excluding hydrogens is 214 g/mol. The van der Waals surface area contributed by atoms with Gasteiger partial charge in [-0.3, -0.25) is 9.69 Å². The molecule has 4 heteroatoms. The molecule has 0 saturated heterocycles. The van der Waals surface area contributed by atoms with E-state index in [1.807, 2.05) is 12.1 Å². The highest BCUT2D eigenvalue weighted by Gasteiger charge is 2.19. The van der Waals surface area contributed by atoms with Crippen LogP contribution < -0.4 is 11.5 Å². The van der Waals surface area contributed by atoms with E-state index in [4.69, 9.17) is 11.5 Å². The van der Waals surface area contributed by atoms with Crippen LogP contribution in [0.4, 0.5) is 5.69 Å². The zero-order valence-corrected chi connectivity index (χ0v) is 10.1. The van der Waals surface area contributed by atoms with Crippen molar-refractivity contribution >= 4 is 11.5 Å². The van der Waals surface area contributed by atoms with Gasteiger partial charge in [0.1, 0.15) is 5.78 Å². The van der Waals surface area contributed by atoms with Gasteiger partial charge in [0, 0.05) is 25.3 Å². The quantitative estimate of drug-likeness (QED) is 0.748. The number of hydrogen-bond acceptors (Lipinski definition) is 4. The topological polar surface area (TPSA) is 72.4 Å². The van der Waals surface area contributed by atoms with Gasteiger partial charge in [0.25, 0.3) is 0 Å². The summed E-state index contributed by atoms with van der Waals surface area (Å²) in [5.74, 6) is 0.0492. The van der Waals surface area contributed by atoms with E-state index in [0.29, 0.717) is 6.54 Å². The maximum Gasteiger partial charge on any atom is 0.147 e. The minimum absolute atomic E-state index is 0.0492. The van der Waals surface area contributed by atoms with Crippen LogP contribution in [-0.2, 0) is 17.8 Å². The van der Waals surface area contributed by atoms with Crippen molar-refractivity contribution in [3.8, 4) is 0 Å². The summed E-state index contributed by atoms with van der Waals surface area (Å²) >= 11 is 0. The number of nitrogen functional groups attached to an aromatic ring is 1. The average Bonchev–Trinajstić information content (AvgIpc) is 2.29. The third kappa shape index (κ3) is 2.84. The zero-order chi connectivity index (χ0) is 12.4. The maximum absolute atomic E-state index is 11.1. The Hall–Kier alpha value is -1.39. The standard InChI is InChI=1S/C13H19N3O/c1-9(17)13(15)8-16-5-4-10-6-12(14)3-2-11(10)7-16/h2-3,6,13H,4-5,7-8,14-15H2,1H3. The summed E-state index contributed by atoms with van der Waals surface area (Å²) < 4.78 is 0. The van der Waals surface area contributed by atoms with Gasteiger partial charge in [-0.05, 0) is 36.6 Å². The number of carbonyl (C=O) groups is 1. The first-order chi connectivity index (χ1) is 8.06.